The Kier molecular flexibility index (Phi) is 7.70. The van der Waals surface area contributed by atoms with Crippen LogP contribution in [0, 0.1) is 10.8 Å². The molecule has 1 heterocycles. The van der Waals surface area contributed by atoms with Gasteiger partial charge >= 0.3 is 0 Å². The van der Waals surface area contributed by atoms with Crippen molar-refractivity contribution < 1.29 is 10.0 Å². The third-order valence-corrected chi connectivity index (χ3v) is 5.07. The summed E-state index contributed by atoms with van der Waals surface area (Å²) >= 11 is 0. The molecule has 0 fully saturated rings. The van der Waals surface area contributed by atoms with Crippen LogP contribution in [-0.2, 0) is 17.8 Å². The molecule has 0 aliphatic carbocycles. The summed E-state index contributed by atoms with van der Waals surface area (Å²) in [5.74, 6) is -0.522. The lowest BCUT2D eigenvalue weighted by atomic mass is 9.89. The van der Waals surface area contributed by atoms with Crippen LogP contribution in [0.15, 0.2) is 30.3 Å². The molecule has 1 amide bonds. The Bertz CT molecular complexity index is 848. The molecule has 0 unspecified atom stereocenters. The van der Waals surface area contributed by atoms with Crippen LogP contribution < -0.4 is 5.48 Å². The van der Waals surface area contributed by atoms with Crippen molar-refractivity contribution in [1.29, 1.82) is 0 Å². The fraction of sp³-hybridized carbons (Fsp3) is 0.560. The number of fused-ring (bicyclic) bond motifs is 1. The molecule has 160 valence electrons. The Labute approximate surface area is 176 Å². The quantitative estimate of drug-likeness (QED) is 0.235. The van der Waals surface area contributed by atoms with Gasteiger partial charge in [-0.1, -0.05) is 60.5 Å². The average molecular weight is 399 g/mol. The number of benzene rings is 1. The lowest BCUT2D eigenvalue weighted by molar-refractivity contribution is -0.124. The zero-order chi connectivity index (χ0) is 21.7. The molecule has 0 aliphatic rings. The van der Waals surface area contributed by atoms with Crippen molar-refractivity contribution in [3.8, 4) is 0 Å². The number of rotatable bonds is 8. The minimum Gasteiger partial charge on any atom is -0.345 e. The van der Waals surface area contributed by atoms with Crippen molar-refractivity contribution in [1.82, 2.24) is 10.0 Å². The normalized spacial score (nSPS) is 12.8. The molecular formula is C25H38N2O2. The Morgan fingerprint density at radius 2 is 1.76 bits per heavy atom. The number of carbonyl (C=O) groups excluding carboxylic acids is 1. The van der Waals surface area contributed by atoms with Gasteiger partial charge in [-0.3, -0.25) is 10.0 Å². The van der Waals surface area contributed by atoms with Gasteiger partial charge in [-0.2, -0.15) is 0 Å². The lowest BCUT2D eigenvalue weighted by Crippen LogP contribution is -2.14. The van der Waals surface area contributed by atoms with Crippen LogP contribution in [0.3, 0.4) is 0 Å². The molecule has 0 atom stereocenters. The molecule has 2 rings (SSSR count). The molecule has 0 saturated heterocycles. The van der Waals surface area contributed by atoms with E-state index in [1.165, 1.54) is 48.4 Å². The zero-order valence-corrected chi connectivity index (χ0v) is 19.0. The van der Waals surface area contributed by atoms with E-state index in [1.807, 2.05) is 6.07 Å². The number of aryl methyl sites for hydroxylation is 1. The van der Waals surface area contributed by atoms with Crippen LogP contribution in [0.1, 0.15) is 78.5 Å². The van der Waals surface area contributed by atoms with Crippen LogP contribution >= 0.6 is 0 Å². The van der Waals surface area contributed by atoms with Crippen molar-refractivity contribution in [2.24, 2.45) is 10.8 Å². The first-order valence-electron chi connectivity index (χ1n) is 10.7. The van der Waals surface area contributed by atoms with Gasteiger partial charge in [-0.15, -0.1) is 0 Å². The number of carbonyl (C=O) groups is 1. The molecule has 1 aromatic heterocycles. The van der Waals surface area contributed by atoms with Gasteiger partial charge in [0.05, 0.1) is 0 Å². The Morgan fingerprint density at radius 1 is 1.03 bits per heavy atom. The fourth-order valence-corrected chi connectivity index (χ4v) is 3.72. The molecular weight excluding hydrogens is 360 g/mol. The summed E-state index contributed by atoms with van der Waals surface area (Å²) in [7, 11) is 0. The summed E-state index contributed by atoms with van der Waals surface area (Å²) < 4.78 is 2.48. The van der Waals surface area contributed by atoms with Crippen LogP contribution in [0.25, 0.3) is 17.0 Å². The molecule has 0 spiro atoms. The molecule has 1 aromatic carbocycles. The Balaban J connectivity index is 2.22. The van der Waals surface area contributed by atoms with Crippen molar-refractivity contribution in [2.75, 3.05) is 0 Å². The summed E-state index contributed by atoms with van der Waals surface area (Å²) in [5.41, 5.74) is 5.83. The predicted molar refractivity (Wildman–Crippen MR) is 122 cm³/mol. The molecule has 0 bridgehead atoms. The monoisotopic (exact) mass is 398 g/mol. The van der Waals surface area contributed by atoms with Crippen molar-refractivity contribution in [2.45, 2.75) is 80.2 Å². The topological polar surface area (TPSA) is 54.3 Å². The van der Waals surface area contributed by atoms with Crippen LogP contribution in [0.2, 0.25) is 0 Å². The number of hydrogen-bond acceptors (Lipinski definition) is 2. The maximum atomic E-state index is 11.2. The predicted octanol–water partition coefficient (Wildman–Crippen LogP) is 6.36. The van der Waals surface area contributed by atoms with Crippen molar-refractivity contribution >= 4 is 22.9 Å². The first-order valence-corrected chi connectivity index (χ1v) is 10.7. The van der Waals surface area contributed by atoms with E-state index in [0.717, 1.165) is 18.5 Å². The van der Waals surface area contributed by atoms with Gasteiger partial charge in [0.15, 0.2) is 0 Å². The van der Waals surface area contributed by atoms with Crippen molar-refractivity contribution in [3.63, 3.8) is 0 Å². The molecule has 0 radical (unpaired) electrons. The molecule has 29 heavy (non-hydrogen) atoms. The van der Waals surface area contributed by atoms with Gasteiger partial charge in [0.2, 0.25) is 0 Å². The second kappa shape index (κ2) is 9.62. The van der Waals surface area contributed by atoms with Crippen LogP contribution in [0.5, 0.6) is 0 Å². The second-order valence-corrected chi connectivity index (χ2v) is 10.5. The fourth-order valence-electron chi connectivity index (χ4n) is 3.72. The van der Waals surface area contributed by atoms with Crippen molar-refractivity contribution in [3.05, 3.63) is 41.6 Å². The number of aromatic nitrogens is 1. The summed E-state index contributed by atoms with van der Waals surface area (Å²) in [4.78, 5) is 11.2. The molecule has 0 saturated carbocycles. The Hall–Kier alpha value is -2.07. The smallest absolute Gasteiger partial charge is 0.267 e. The lowest BCUT2D eigenvalue weighted by Gasteiger charge is -2.20. The first-order chi connectivity index (χ1) is 13.5. The van der Waals surface area contributed by atoms with E-state index in [2.05, 4.69) is 64.3 Å². The van der Waals surface area contributed by atoms with Gasteiger partial charge in [0.1, 0.15) is 0 Å². The molecule has 4 heteroatoms. The Morgan fingerprint density at radius 3 is 2.38 bits per heavy atom. The number of nitrogens with zero attached hydrogens (tertiary/aromatic N) is 1. The van der Waals surface area contributed by atoms with Crippen LogP contribution in [-0.4, -0.2) is 15.7 Å². The molecule has 0 aliphatic heterocycles. The number of nitrogens with one attached hydrogen (secondary N) is 1. The number of unbranched alkanes of at least 4 members (excludes halogenated alkanes) is 2. The minimum absolute atomic E-state index is 0.223. The summed E-state index contributed by atoms with van der Waals surface area (Å²) in [6, 6.07) is 8.57. The maximum Gasteiger partial charge on any atom is 0.267 e. The standard InChI is InChI=1S/C25H38N2O2/c1-24(2,3)14-8-7-9-15-27-21(18-25(4,5)6)17-20-16-19(10-12-22(20)27)11-13-23(28)26-29/h10-13,16-17,29H,7-9,14-15,18H2,1-6H3,(H,26,28)/b13-11+. The van der Waals surface area contributed by atoms with E-state index >= 15 is 0 Å². The summed E-state index contributed by atoms with van der Waals surface area (Å²) in [6.45, 7) is 14.8. The second-order valence-electron chi connectivity index (χ2n) is 10.5. The molecule has 2 N–H and O–H groups in total. The van der Waals surface area contributed by atoms with Gasteiger partial charge in [0.25, 0.3) is 5.91 Å². The highest BCUT2D eigenvalue weighted by Gasteiger charge is 2.17. The van der Waals surface area contributed by atoms with Crippen LogP contribution in [0.4, 0.5) is 0 Å². The molecule has 4 nitrogen and oxygen atoms in total. The SMILES string of the molecule is CC(C)(C)CCCCCn1c(CC(C)(C)C)cc2cc(/C=C/C(=O)NO)ccc21. The van der Waals surface area contributed by atoms with E-state index in [0.29, 0.717) is 5.41 Å². The maximum absolute atomic E-state index is 11.2. The minimum atomic E-state index is -0.522. The van der Waals surface area contributed by atoms with Gasteiger partial charge in [-0.05, 0) is 59.9 Å². The number of hydroxylamine groups is 1. The van der Waals surface area contributed by atoms with Gasteiger partial charge < -0.3 is 4.57 Å². The molecule has 2 aromatic rings. The van der Waals surface area contributed by atoms with E-state index in [9.17, 15) is 4.79 Å². The number of hydrogen-bond donors (Lipinski definition) is 2. The van der Waals surface area contributed by atoms with E-state index in [4.69, 9.17) is 5.21 Å². The highest BCUT2D eigenvalue weighted by molar-refractivity contribution is 5.92. The largest absolute Gasteiger partial charge is 0.345 e. The number of amides is 1. The third-order valence-electron chi connectivity index (χ3n) is 5.07. The summed E-state index contributed by atoms with van der Waals surface area (Å²) in [6.07, 6.45) is 9.08. The first kappa shape index (κ1) is 23.2. The van der Waals surface area contributed by atoms with Gasteiger partial charge in [0, 0.05) is 29.2 Å². The zero-order valence-electron chi connectivity index (χ0n) is 19.0. The summed E-state index contributed by atoms with van der Waals surface area (Å²) in [5, 5.41) is 9.84. The average Bonchev–Trinajstić information content (AvgIpc) is 2.93. The van der Waals surface area contributed by atoms with Gasteiger partial charge in [-0.25, -0.2) is 5.48 Å². The van der Waals surface area contributed by atoms with E-state index < -0.39 is 5.91 Å². The van der Waals surface area contributed by atoms with E-state index in [1.54, 1.807) is 11.6 Å². The highest BCUT2D eigenvalue weighted by Crippen LogP contribution is 2.29. The highest BCUT2D eigenvalue weighted by atomic mass is 16.5. The van der Waals surface area contributed by atoms with E-state index in [-0.39, 0.29) is 5.41 Å². The third kappa shape index (κ3) is 7.69.